The first-order valence-electron chi connectivity index (χ1n) is 5.50. The fourth-order valence-corrected chi connectivity index (χ4v) is 0.402. The Morgan fingerprint density at radius 3 is 1.23 bits per heavy atom. The van der Waals surface area contributed by atoms with Gasteiger partial charge in [-0.3, -0.25) is 19.2 Å². The lowest BCUT2D eigenvalue weighted by molar-refractivity contribution is -0.148. The van der Waals surface area contributed by atoms with Crippen molar-refractivity contribution in [1.82, 2.24) is 0 Å². The van der Waals surface area contributed by atoms with Gasteiger partial charge in [0.05, 0.1) is 0 Å². The molecular formula is C11H17NO10. The third-order valence-electron chi connectivity index (χ3n) is 1.59. The number of carboxylic acid groups (broad SMARTS) is 4. The molecule has 0 saturated carbocycles. The normalized spacial score (nSPS) is 9.77. The number of nitrogens with two attached hydrogens (primary N) is 1. The van der Waals surface area contributed by atoms with Crippen molar-refractivity contribution >= 4 is 35.4 Å². The van der Waals surface area contributed by atoms with Crippen LogP contribution < -0.4 is 5.73 Å². The van der Waals surface area contributed by atoms with Crippen molar-refractivity contribution in [2.45, 2.75) is 32.7 Å². The van der Waals surface area contributed by atoms with E-state index >= 15 is 0 Å². The van der Waals surface area contributed by atoms with Crippen molar-refractivity contribution in [3.8, 4) is 0 Å². The van der Waals surface area contributed by atoms with Gasteiger partial charge >= 0.3 is 23.9 Å². The van der Waals surface area contributed by atoms with Gasteiger partial charge in [0.2, 0.25) is 11.6 Å². The molecule has 0 bridgehead atoms. The van der Waals surface area contributed by atoms with Crippen LogP contribution in [0, 0.1) is 0 Å². The van der Waals surface area contributed by atoms with Crippen molar-refractivity contribution in [3.05, 3.63) is 0 Å². The molecule has 0 fully saturated rings. The van der Waals surface area contributed by atoms with E-state index in [0.29, 0.717) is 0 Å². The van der Waals surface area contributed by atoms with E-state index in [1.165, 1.54) is 0 Å². The summed E-state index contributed by atoms with van der Waals surface area (Å²) in [6.07, 6.45) is -0.224. The van der Waals surface area contributed by atoms with E-state index in [9.17, 15) is 28.8 Å². The molecule has 0 aliphatic carbocycles. The summed E-state index contributed by atoms with van der Waals surface area (Å²) in [7, 11) is 0. The van der Waals surface area contributed by atoms with Gasteiger partial charge in [-0.2, -0.15) is 0 Å². The van der Waals surface area contributed by atoms with Gasteiger partial charge in [0, 0.05) is 20.3 Å². The van der Waals surface area contributed by atoms with E-state index in [0.717, 1.165) is 13.8 Å². The smallest absolute Gasteiger partial charge is 0.371 e. The van der Waals surface area contributed by atoms with Gasteiger partial charge in [-0.05, 0) is 6.42 Å². The molecule has 6 N–H and O–H groups in total. The van der Waals surface area contributed by atoms with E-state index in [2.05, 4.69) is 0 Å². The topological polar surface area (TPSA) is 209 Å². The lowest BCUT2D eigenvalue weighted by atomic mass is 10.2. The van der Waals surface area contributed by atoms with Crippen LogP contribution in [0.25, 0.3) is 0 Å². The van der Waals surface area contributed by atoms with E-state index in [1.54, 1.807) is 0 Å². The maximum absolute atomic E-state index is 9.99. The van der Waals surface area contributed by atoms with Crippen LogP contribution in [-0.2, 0) is 28.8 Å². The van der Waals surface area contributed by atoms with Gasteiger partial charge < -0.3 is 26.2 Å². The molecule has 11 heteroatoms. The second-order valence-electron chi connectivity index (χ2n) is 3.60. The number of aliphatic carboxylic acids is 4. The number of hydrogen-bond acceptors (Lipinski definition) is 7. The van der Waals surface area contributed by atoms with E-state index in [-0.39, 0.29) is 12.8 Å². The molecule has 0 aliphatic heterocycles. The molecule has 1 atom stereocenters. The molecule has 0 aromatic rings. The van der Waals surface area contributed by atoms with Crippen LogP contribution in [-0.4, -0.2) is 61.9 Å². The van der Waals surface area contributed by atoms with Crippen LogP contribution in [0.5, 0.6) is 0 Å². The predicted molar refractivity (Wildman–Crippen MR) is 69.1 cm³/mol. The Hall–Kier alpha value is -2.82. The molecule has 0 heterocycles. The first-order valence-corrected chi connectivity index (χ1v) is 5.50. The Morgan fingerprint density at radius 2 is 1.09 bits per heavy atom. The van der Waals surface area contributed by atoms with E-state index in [4.69, 9.17) is 26.2 Å². The summed E-state index contributed by atoms with van der Waals surface area (Å²) in [5.41, 5.74) is 5.00. The monoisotopic (exact) mass is 323 g/mol. The van der Waals surface area contributed by atoms with Gasteiger partial charge in [-0.25, -0.2) is 9.59 Å². The number of carbonyl (C=O) groups excluding carboxylic acids is 2. The molecule has 126 valence electrons. The molecule has 11 nitrogen and oxygen atoms in total. The summed E-state index contributed by atoms with van der Waals surface area (Å²) >= 11 is 0. The Balaban J connectivity index is -0.000000261. The van der Waals surface area contributed by atoms with Crippen LogP contribution in [0.2, 0.25) is 0 Å². The quantitative estimate of drug-likeness (QED) is 0.358. The van der Waals surface area contributed by atoms with Crippen LogP contribution in [0.15, 0.2) is 0 Å². The lowest BCUT2D eigenvalue weighted by Gasteiger charge is -2.01. The Kier molecular flexibility index (Phi) is 14.5. The third-order valence-corrected chi connectivity index (χ3v) is 1.59. The van der Waals surface area contributed by atoms with Gasteiger partial charge in [-0.1, -0.05) is 0 Å². The minimum atomic E-state index is -1.38. The molecule has 22 heavy (non-hydrogen) atoms. The highest BCUT2D eigenvalue weighted by molar-refractivity contribution is 6.31. The molecule has 0 aromatic carbocycles. The lowest BCUT2D eigenvalue weighted by Crippen LogP contribution is -2.30. The molecular weight excluding hydrogens is 306 g/mol. The van der Waals surface area contributed by atoms with Crippen molar-refractivity contribution in [1.29, 1.82) is 0 Å². The fraction of sp³-hybridized carbons (Fsp3) is 0.455. The molecule has 0 aromatic heterocycles. The van der Waals surface area contributed by atoms with Gasteiger partial charge in [0.1, 0.15) is 6.04 Å². The first kappa shape index (κ1) is 24.2. The standard InChI is InChI=1S/C5H9NO4.2C3H4O3/c6-3(5(9)10)1-2-4(7)8;2*1-2(4)3(5)6/h3H,1-2,6H2,(H,7,8)(H,9,10);2*1H3,(H,5,6)/t3-;;/m0../s1. The maximum Gasteiger partial charge on any atom is 0.371 e. The molecule has 0 saturated heterocycles. The molecule has 0 amide bonds. The van der Waals surface area contributed by atoms with Gasteiger partial charge in [0.25, 0.3) is 0 Å². The summed E-state index contributed by atoms with van der Waals surface area (Å²) < 4.78 is 0. The van der Waals surface area contributed by atoms with Crippen LogP contribution in [0.3, 0.4) is 0 Å². The average Bonchev–Trinajstić information content (AvgIpc) is 2.36. The van der Waals surface area contributed by atoms with Crippen molar-refractivity contribution in [3.63, 3.8) is 0 Å². The first-order chi connectivity index (χ1) is 9.82. The van der Waals surface area contributed by atoms with Crippen molar-refractivity contribution < 1.29 is 49.2 Å². The zero-order valence-corrected chi connectivity index (χ0v) is 11.8. The summed E-state index contributed by atoms with van der Waals surface area (Å²) in [4.78, 5) is 57.7. The van der Waals surface area contributed by atoms with Crippen LogP contribution in [0.1, 0.15) is 26.7 Å². The van der Waals surface area contributed by atoms with Gasteiger partial charge in [0.15, 0.2) is 0 Å². The SMILES string of the molecule is CC(=O)C(=O)O.CC(=O)C(=O)O.N[C@@H](CCC(=O)O)C(=O)O. The number of rotatable bonds is 6. The summed E-state index contributed by atoms with van der Waals surface area (Å²) in [6, 6.07) is -1.06. The Labute approximate surface area is 124 Å². The second-order valence-corrected chi connectivity index (χ2v) is 3.60. The van der Waals surface area contributed by atoms with E-state index < -0.39 is 41.5 Å². The number of ketones is 2. The highest BCUT2D eigenvalue weighted by Crippen LogP contribution is 1.93. The molecule has 0 rings (SSSR count). The molecule has 0 aliphatic rings. The molecule has 0 radical (unpaired) electrons. The van der Waals surface area contributed by atoms with E-state index in [1.807, 2.05) is 0 Å². The molecule has 0 spiro atoms. The highest BCUT2D eigenvalue weighted by atomic mass is 16.4. The number of carboxylic acids is 4. The maximum atomic E-state index is 9.99. The summed E-state index contributed by atoms with van der Waals surface area (Å²) in [5, 5.41) is 31.6. The Bertz CT molecular complexity index is 394. The predicted octanol–water partition coefficient (Wildman–Crippen LogP) is -1.42. The van der Waals surface area contributed by atoms with Crippen LogP contribution in [0.4, 0.5) is 0 Å². The largest absolute Gasteiger partial charge is 0.481 e. The minimum Gasteiger partial charge on any atom is -0.481 e. The number of hydrogen-bond donors (Lipinski definition) is 5. The minimum absolute atomic E-state index is 0.0231. The zero-order chi connectivity index (χ0) is 18.5. The summed E-state index contributed by atoms with van der Waals surface area (Å²) in [5.74, 6) is -6.60. The Morgan fingerprint density at radius 1 is 0.818 bits per heavy atom. The number of Topliss-reactive ketones (excluding diaryl/α,β-unsaturated/α-hetero) is 2. The number of carbonyl (C=O) groups is 6. The zero-order valence-electron chi connectivity index (χ0n) is 11.8. The van der Waals surface area contributed by atoms with Gasteiger partial charge in [-0.15, -0.1) is 0 Å². The van der Waals surface area contributed by atoms with Crippen LogP contribution >= 0.6 is 0 Å². The van der Waals surface area contributed by atoms with Crippen molar-refractivity contribution in [2.75, 3.05) is 0 Å². The molecule has 0 unspecified atom stereocenters. The third kappa shape index (κ3) is 22.4. The second kappa shape index (κ2) is 13.2. The fourth-order valence-electron chi connectivity index (χ4n) is 0.402. The summed E-state index contributed by atoms with van der Waals surface area (Å²) in [6.45, 7) is 2.00. The average molecular weight is 323 g/mol. The highest BCUT2D eigenvalue weighted by Gasteiger charge is 2.12. The van der Waals surface area contributed by atoms with Crippen molar-refractivity contribution in [2.24, 2.45) is 5.73 Å².